The lowest BCUT2D eigenvalue weighted by molar-refractivity contribution is -0.133. The Morgan fingerprint density at radius 2 is 2.18 bits per heavy atom. The molecule has 1 aliphatic carbocycles. The van der Waals surface area contributed by atoms with E-state index in [1.54, 1.807) is 6.08 Å². The third kappa shape index (κ3) is 3.78. The van der Waals surface area contributed by atoms with Crippen LogP contribution in [0.15, 0.2) is 16.6 Å². The van der Waals surface area contributed by atoms with Gasteiger partial charge in [0.05, 0.1) is 12.1 Å². The van der Waals surface area contributed by atoms with Crippen molar-refractivity contribution in [2.75, 3.05) is 0 Å². The largest absolute Gasteiger partial charge is 0.478 e. The minimum atomic E-state index is -0.984. The molecule has 0 saturated carbocycles. The fourth-order valence-corrected chi connectivity index (χ4v) is 1.80. The van der Waals surface area contributed by atoms with E-state index in [2.05, 4.69) is 10.3 Å². The molecule has 0 fully saturated rings. The fourth-order valence-electron chi connectivity index (χ4n) is 1.80. The van der Waals surface area contributed by atoms with Gasteiger partial charge in [0.15, 0.2) is 5.96 Å². The minimum absolute atomic E-state index is 0.114. The van der Waals surface area contributed by atoms with Crippen LogP contribution in [0.25, 0.3) is 0 Å². The van der Waals surface area contributed by atoms with E-state index in [9.17, 15) is 9.59 Å². The molecule has 0 aromatic heterocycles. The molecule has 94 valence electrons. The first-order chi connectivity index (χ1) is 7.90. The average Bonchev–Trinajstić information content (AvgIpc) is 2.18. The highest BCUT2D eigenvalue weighted by Gasteiger charge is 2.28. The molecule has 1 amide bonds. The lowest BCUT2D eigenvalue weighted by atomic mass is 9.90. The second kappa shape index (κ2) is 5.33. The normalized spacial score (nSPS) is 23.5. The van der Waals surface area contributed by atoms with Gasteiger partial charge < -0.3 is 21.9 Å². The van der Waals surface area contributed by atoms with Crippen LogP contribution >= 0.6 is 0 Å². The highest BCUT2D eigenvalue weighted by atomic mass is 16.4. The van der Waals surface area contributed by atoms with Crippen LogP contribution in [-0.4, -0.2) is 35.0 Å². The number of rotatable bonds is 3. The summed E-state index contributed by atoms with van der Waals surface area (Å²) in [6.45, 7) is 1.39. The van der Waals surface area contributed by atoms with Crippen molar-refractivity contribution in [1.82, 2.24) is 5.32 Å². The molecule has 7 nitrogen and oxygen atoms in total. The third-order valence-electron chi connectivity index (χ3n) is 2.49. The van der Waals surface area contributed by atoms with Gasteiger partial charge in [0.1, 0.15) is 0 Å². The van der Waals surface area contributed by atoms with E-state index in [4.69, 9.17) is 16.6 Å². The zero-order chi connectivity index (χ0) is 13.0. The SMILES string of the molecule is CC(=O)N[C@H]1CC=C(C(=O)O)CC1N=C(N)N. The number of aliphatic carboxylic acids is 1. The van der Waals surface area contributed by atoms with Gasteiger partial charge in [0.2, 0.25) is 5.91 Å². The highest BCUT2D eigenvalue weighted by molar-refractivity contribution is 5.87. The van der Waals surface area contributed by atoms with Gasteiger partial charge in [-0.3, -0.25) is 4.79 Å². The van der Waals surface area contributed by atoms with Gasteiger partial charge in [-0.2, -0.15) is 0 Å². The molecule has 0 aromatic rings. The molecular weight excluding hydrogens is 224 g/mol. The standard InChI is InChI=1S/C10H16N4O3/c1-5(15)13-7-3-2-6(9(16)17)4-8(7)14-10(11)12/h2,7-8H,3-4H2,1H3,(H,13,15)(H,16,17)(H4,11,12,14)/t7-,8?/m0/s1. The number of carbonyl (C=O) groups excluding carboxylic acids is 1. The molecule has 0 saturated heterocycles. The zero-order valence-corrected chi connectivity index (χ0v) is 9.51. The molecule has 17 heavy (non-hydrogen) atoms. The molecule has 1 unspecified atom stereocenters. The predicted molar refractivity (Wildman–Crippen MR) is 62.2 cm³/mol. The highest BCUT2D eigenvalue weighted by Crippen LogP contribution is 2.21. The van der Waals surface area contributed by atoms with E-state index in [1.807, 2.05) is 0 Å². The Morgan fingerprint density at radius 1 is 1.53 bits per heavy atom. The minimum Gasteiger partial charge on any atom is -0.478 e. The smallest absolute Gasteiger partial charge is 0.331 e. The maximum Gasteiger partial charge on any atom is 0.331 e. The van der Waals surface area contributed by atoms with Crippen molar-refractivity contribution in [2.24, 2.45) is 16.5 Å². The lowest BCUT2D eigenvalue weighted by Gasteiger charge is -2.27. The molecular formula is C10H16N4O3. The van der Waals surface area contributed by atoms with Gasteiger partial charge >= 0.3 is 5.97 Å². The summed E-state index contributed by atoms with van der Waals surface area (Å²) in [6.07, 6.45) is 2.20. The number of nitrogens with one attached hydrogen (secondary N) is 1. The number of nitrogens with two attached hydrogens (primary N) is 2. The van der Waals surface area contributed by atoms with Crippen LogP contribution in [0.5, 0.6) is 0 Å². The second-order valence-electron chi connectivity index (χ2n) is 3.90. The Kier molecular flexibility index (Phi) is 4.08. The van der Waals surface area contributed by atoms with Crippen molar-refractivity contribution in [3.8, 4) is 0 Å². The monoisotopic (exact) mass is 240 g/mol. The van der Waals surface area contributed by atoms with Crippen molar-refractivity contribution in [2.45, 2.75) is 31.8 Å². The first-order valence-corrected chi connectivity index (χ1v) is 5.18. The summed E-state index contributed by atoms with van der Waals surface area (Å²) in [6, 6.07) is -0.697. The van der Waals surface area contributed by atoms with Crippen molar-refractivity contribution >= 4 is 17.8 Å². The number of guanidine groups is 1. The van der Waals surface area contributed by atoms with Crippen molar-refractivity contribution in [3.63, 3.8) is 0 Å². The van der Waals surface area contributed by atoms with Crippen molar-refractivity contribution < 1.29 is 14.7 Å². The number of carboxylic acid groups (broad SMARTS) is 1. The van der Waals surface area contributed by atoms with E-state index < -0.39 is 12.0 Å². The Bertz CT molecular complexity index is 385. The molecule has 7 heteroatoms. The molecule has 1 rings (SSSR count). The van der Waals surface area contributed by atoms with Gasteiger partial charge in [0, 0.05) is 18.9 Å². The molecule has 1 aliphatic rings. The maximum atomic E-state index is 11.0. The summed E-state index contributed by atoms with van der Waals surface area (Å²) < 4.78 is 0. The van der Waals surface area contributed by atoms with Crippen LogP contribution in [0, 0.1) is 0 Å². The predicted octanol–water partition coefficient (Wildman–Crippen LogP) is -1.06. The van der Waals surface area contributed by atoms with Crippen molar-refractivity contribution in [3.05, 3.63) is 11.6 Å². The van der Waals surface area contributed by atoms with E-state index >= 15 is 0 Å². The van der Waals surface area contributed by atoms with Crippen LogP contribution in [0.1, 0.15) is 19.8 Å². The van der Waals surface area contributed by atoms with Crippen LogP contribution in [0.2, 0.25) is 0 Å². The molecule has 2 atom stereocenters. The maximum absolute atomic E-state index is 11.0. The van der Waals surface area contributed by atoms with Gasteiger partial charge in [-0.15, -0.1) is 0 Å². The average molecular weight is 240 g/mol. The molecule has 6 N–H and O–H groups in total. The first-order valence-electron chi connectivity index (χ1n) is 5.18. The summed E-state index contributed by atoms with van der Waals surface area (Å²) in [5, 5.41) is 11.6. The van der Waals surface area contributed by atoms with Gasteiger partial charge in [-0.05, 0) is 6.42 Å². The van der Waals surface area contributed by atoms with Gasteiger partial charge in [-0.1, -0.05) is 6.08 Å². The summed E-state index contributed by atoms with van der Waals surface area (Å²) in [5.41, 5.74) is 10.8. The van der Waals surface area contributed by atoms with Gasteiger partial charge in [0.25, 0.3) is 0 Å². The summed E-state index contributed by atoms with van der Waals surface area (Å²) in [7, 11) is 0. The quantitative estimate of drug-likeness (QED) is 0.369. The second-order valence-corrected chi connectivity index (χ2v) is 3.90. The van der Waals surface area contributed by atoms with Crippen LogP contribution in [0.3, 0.4) is 0 Å². The number of hydrogen-bond donors (Lipinski definition) is 4. The number of aliphatic imine (C=N–C) groups is 1. The van der Waals surface area contributed by atoms with Crippen LogP contribution in [0.4, 0.5) is 0 Å². The molecule has 0 bridgehead atoms. The molecule has 0 spiro atoms. The van der Waals surface area contributed by atoms with Crippen LogP contribution < -0.4 is 16.8 Å². The van der Waals surface area contributed by atoms with E-state index in [1.165, 1.54) is 6.92 Å². The van der Waals surface area contributed by atoms with Crippen LogP contribution in [-0.2, 0) is 9.59 Å². The fraction of sp³-hybridized carbons (Fsp3) is 0.500. The topological polar surface area (TPSA) is 131 Å². The Hall–Kier alpha value is -2.05. The number of carbonyl (C=O) groups is 2. The first kappa shape index (κ1) is 13.0. The number of nitrogens with zero attached hydrogens (tertiary/aromatic N) is 1. The lowest BCUT2D eigenvalue weighted by Crippen LogP contribution is -2.45. The number of hydrogen-bond acceptors (Lipinski definition) is 3. The molecule has 0 aliphatic heterocycles. The molecule has 0 radical (unpaired) electrons. The van der Waals surface area contributed by atoms with Gasteiger partial charge in [-0.25, -0.2) is 9.79 Å². The Labute approximate surface area is 98.6 Å². The number of carboxylic acids is 1. The van der Waals surface area contributed by atoms with E-state index in [-0.39, 0.29) is 29.9 Å². The Morgan fingerprint density at radius 3 is 2.65 bits per heavy atom. The third-order valence-corrected chi connectivity index (χ3v) is 2.49. The molecule has 0 heterocycles. The summed E-state index contributed by atoms with van der Waals surface area (Å²) in [4.78, 5) is 25.8. The summed E-state index contributed by atoms with van der Waals surface area (Å²) in [5.74, 6) is -1.29. The summed E-state index contributed by atoms with van der Waals surface area (Å²) >= 11 is 0. The molecule has 0 aromatic carbocycles. The van der Waals surface area contributed by atoms with E-state index in [0.29, 0.717) is 6.42 Å². The van der Waals surface area contributed by atoms with Crippen molar-refractivity contribution in [1.29, 1.82) is 0 Å². The zero-order valence-electron chi connectivity index (χ0n) is 9.51. The Balaban J connectivity index is 2.86. The number of amides is 1. The van der Waals surface area contributed by atoms with E-state index in [0.717, 1.165) is 0 Å².